The fourth-order valence-corrected chi connectivity index (χ4v) is 1.61. The lowest BCUT2D eigenvalue weighted by atomic mass is 9.88. The monoisotopic (exact) mass is 152 g/mol. The van der Waals surface area contributed by atoms with Crippen LogP contribution >= 0.6 is 0 Å². The summed E-state index contributed by atoms with van der Waals surface area (Å²) in [6.45, 7) is 0.782. The zero-order valence-electron chi connectivity index (χ0n) is 6.42. The summed E-state index contributed by atoms with van der Waals surface area (Å²) in [5, 5.41) is 3.76. The van der Waals surface area contributed by atoms with Crippen molar-refractivity contribution in [3.63, 3.8) is 0 Å². The summed E-state index contributed by atoms with van der Waals surface area (Å²) in [6, 6.07) is 0. The van der Waals surface area contributed by atoms with E-state index in [0.717, 1.165) is 31.6 Å². The van der Waals surface area contributed by atoms with E-state index in [2.05, 4.69) is 5.16 Å². The molecule has 0 fully saturated rings. The molecule has 60 valence electrons. The van der Waals surface area contributed by atoms with Crippen LogP contribution in [0.4, 0.5) is 0 Å². The Bertz CT molecular complexity index is 244. The van der Waals surface area contributed by atoms with Crippen molar-refractivity contribution < 1.29 is 4.52 Å². The van der Waals surface area contributed by atoms with Crippen LogP contribution in [0.25, 0.3) is 0 Å². The number of rotatable bonds is 1. The van der Waals surface area contributed by atoms with Crippen molar-refractivity contribution in [3.8, 4) is 0 Å². The molecule has 1 aromatic heterocycles. The molecule has 0 amide bonds. The van der Waals surface area contributed by atoms with E-state index in [9.17, 15) is 0 Å². The second-order valence-electron chi connectivity index (χ2n) is 3.12. The van der Waals surface area contributed by atoms with E-state index >= 15 is 0 Å². The summed E-state index contributed by atoms with van der Waals surface area (Å²) in [5.74, 6) is 1.71. The summed E-state index contributed by atoms with van der Waals surface area (Å²) >= 11 is 0. The van der Waals surface area contributed by atoms with Crippen molar-refractivity contribution >= 4 is 0 Å². The molecule has 1 unspecified atom stereocenters. The minimum Gasteiger partial charge on any atom is -0.361 e. The van der Waals surface area contributed by atoms with E-state index in [1.165, 1.54) is 5.56 Å². The van der Waals surface area contributed by atoms with Gasteiger partial charge in [-0.3, -0.25) is 0 Å². The van der Waals surface area contributed by atoms with E-state index in [1.54, 1.807) is 0 Å². The van der Waals surface area contributed by atoms with Crippen LogP contribution in [0, 0.1) is 5.92 Å². The third kappa shape index (κ3) is 1.16. The zero-order valence-corrected chi connectivity index (χ0v) is 6.42. The molecule has 0 bridgehead atoms. The van der Waals surface area contributed by atoms with Crippen molar-refractivity contribution in [3.05, 3.63) is 17.5 Å². The van der Waals surface area contributed by atoms with Crippen molar-refractivity contribution in [1.29, 1.82) is 0 Å². The topological polar surface area (TPSA) is 52.0 Å². The number of hydrogen-bond acceptors (Lipinski definition) is 3. The summed E-state index contributed by atoms with van der Waals surface area (Å²) in [4.78, 5) is 0. The highest BCUT2D eigenvalue weighted by Gasteiger charge is 2.20. The number of nitrogens with zero attached hydrogens (tertiary/aromatic N) is 1. The van der Waals surface area contributed by atoms with Crippen molar-refractivity contribution in [2.24, 2.45) is 11.7 Å². The molecule has 1 aromatic rings. The molecule has 0 aromatic carbocycles. The van der Waals surface area contributed by atoms with E-state index in [-0.39, 0.29) is 0 Å². The molecule has 2 rings (SSSR count). The Morgan fingerprint density at radius 3 is 3.45 bits per heavy atom. The maximum atomic E-state index is 5.58. The lowest BCUT2D eigenvalue weighted by molar-refractivity contribution is 0.351. The molecule has 0 aliphatic heterocycles. The van der Waals surface area contributed by atoms with Crippen LogP contribution in [0.2, 0.25) is 0 Å². The number of hydrogen-bond donors (Lipinski definition) is 1. The van der Waals surface area contributed by atoms with Crippen LogP contribution in [-0.4, -0.2) is 11.7 Å². The average Bonchev–Trinajstić information content (AvgIpc) is 2.50. The first-order valence-corrected chi connectivity index (χ1v) is 4.02. The third-order valence-corrected chi connectivity index (χ3v) is 2.35. The molecule has 1 atom stereocenters. The minimum atomic E-state index is 0.641. The van der Waals surface area contributed by atoms with Crippen molar-refractivity contribution in [1.82, 2.24) is 5.16 Å². The van der Waals surface area contributed by atoms with Crippen molar-refractivity contribution in [2.75, 3.05) is 6.54 Å². The van der Waals surface area contributed by atoms with Gasteiger partial charge in [-0.2, -0.15) is 0 Å². The van der Waals surface area contributed by atoms with E-state index < -0.39 is 0 Å². The second-order valence-corrected chi connectivity index (χ2v) is 3.12. The molecule has 0 spiro atoms. The predicted octanol–water partition coefficient (Wildman–Crippen LogP) is 0.738. The SMILES string of the molecule is NCC1CCc2oncc2C1. The molecular weight excluding hydrogens is 140 g/mol. The Morgan fingerprint density at radius 2 is 2.64 bits per heavy atom. The van der Waals surface area contributed by atoms with Gasteiger partial charge in [0.2, 0.25) is 0 Å². The fraction of sp³-hybridized carbons (Fsp3) is 0.625. The van der Waals surface area contributed by atoms with Crippen molar-refractivity contribution in [2.45, 2.75) is 19.3 Å². The maximum absolute atomic E-state index is 5.58. The van der Waals surface area contributed by atoms with Gasteiger partial charge in [-0.25, -0.2) is 0 Å². The van der Waals surface area contributed by atoms with Crippen LogP contribution in [0.15, 0.2) is 10.7 Å². The maximum Gasteiger partial charge on any atom is 0.139 e. The molecule has 1 heterocycles. The number of aromatic nitrogens is 1. The average molecular weight is 152 g/mol. The molecule has 3 nitrogen and oxygen atoms in total. The van der Waals surface area contributed by atoms with E-state index in [4.69, 9.17) is 10.3 Å². The minimum absolute atomic E-state index is 0.641. The summed E-state index contributed by atoms with van der Waals surface area (Å²) < 4.78 is 5.06. The molecular formula is C8H12N2O. The van der Waals surface area contributed by atoms with Gasteiger partial charge in [-0.15, -0.1) is 0 Å². The number of nitrogens with two attached hydrogens (primary N) is 1. The first-order valence-electron chi connectivity index (χ1n) is 4.02. The van der Waals surface area contributed by atoms with Gasteiger partial charge in [0.1, 0.15) is 5.76 Å². The summed E-state index contributed by atoms with van der Waals surface area (Å²) in [6.07, 6.45) is 5.03. The van der Waals surface area contributed by atoms with Crippen LogP contribution < -0.4 is 5.73 Å². The molecule has 2 N–H and O–H groups in total. The lowest BCUT2D eigenvalue weighted by Gasteiger charge is -2.17. The van der Waals surface area contributed by atoms with Gasteiger partial charge in [-0.1, -0.05) is 5.16 Å². The first-order chi connectivity index (χ1) is 5.40. The zero-order chi connectivity index (χ0) is 7.68. The van der Waals surface area contributed by atoms with Crippen LogP contribution in [0.3, 0.4) is 0 Å². The van der Waals surface area contributed by atoms with Crippen LogP contribution in [-0.2, 0) is 12.8 Å². The lowest BCUT2D eigenvalue weighted by Crippen LogP contribution is -2.21. The van der Waals surface area contributed by atoms with Gasteiger partial charge in [0.25, 0.3) is 0 Å². The predicted molar refractivity (Wildman–Crippen MR) is 41.1 cm³/mol. The highest BCUT2D eigenvalue weighted by molar-refractivity contribution is 5.17. The quantitative estimate of drug-likeness (QED) is 0.645. The smallest absolute Gasteiger partial charge is 0.139 e. The second kappa shape index (κ2) is 2.66. The largest absolute Gasteiger partial charge is 0.361 e. The molecule has 0 radical (unpaired) electrons. The first kappa shape index (κ1) is 6.85. The van der Waals surface area contributed by atoms with Gasteiger partial charge in [-0.05, 0) is 25.3 Å². The van der Waals surface area contributed by atoms with Gasteiger partial charge >= 0.3 is 0 Å². The molecule has 11 heavy (non-hydrogen) atoms. The summed E-state index contributed by atoms with van der Waals surface area (Å²) in [5.41, 5.74) is 6.83. The molecule has 1 aliphatic carbocycles. The van der Waals surface area contributed by atoms with Crippen LogP contribution in [0.5, 0.6) is 0 Å². The Hall–Kier alpha value is -0.830. The third-order valence-electron chi connectivity index (χ3n) is 2.35. The van der Waals surface area contributed by atoms with Gasteiger partial charge < -0.3 is 10.3 Å². The Labute approximate surface area is 65.6 Å². The standard InChI is InChI=1S/C8H12N2O/c9-4-6-1-2-8-7(3-6)5-10-11-8/h5-6H,1-4,9H2. The number of aryl methyl sites for hydroxylation is 1. The van der Waals surface area contributed by atoms with Gasteiger partial charge in [0, 0.05) is 12.0 Å². The highest BCUT2D eigenvalue weighted by Crippen LogP contribution is 2.23. The van der Waals surface area contributed by atoms with Gasteiger partial charge in [0.05, 0.1) is 6.20 Å². The van der Waals surface area contributed by atoms with E-state index in [0.29, 0.717) is 5.92 Å². The van der Waals surface area contributed by atoms with Gasteiger partial charge in [0.15, 0.2) is 0 Å². The number of fused-ring (bicyclic) bond motifs is 1. The Morgan fingerprint density at radius 1 is 1.73 bits per heavy atom. The van der Waals surface area contributed by atoms with E-state index in [1.807, 2.05) is 6.20 Å². The molecule has 0 saturated carbocycles. The highest BCUT2D eigenvalue weighted by atomic mass is 16.5. The molecule has 1 aliphatic rings. The Balaban J connectivity index is 2.18. The fourth-order valence-electron chi connectivity index (χ4n) is 1.61. The molecule has 0 saturated heterocycles. The Kier molecular flexibility index (Phi) is 1.66. The molecule has 3 heteroatoms. The summed E-state index contributed by atoms with van der Waals surface area (Å²) in [7, 11) is 0. The normalized spacial score (nSPS) is 23.2. The van der Waals surface area contributed by atoms with Crippen LogP contribution in [0.1, 0.15) is 17.7 Å².